The number of rotatable bonds is 7. The molecule has 0 heterocycles. The van der Waals surface area contributed by atoms with Gasteiger partial charge in [-0.15, -0.1) is 0 Å². The molecule has 1 rings (SSSR count). The van der Waals surface area contributed by atoms with Gasteiger partial charge in [-0.3, -0.25) is 0 Å². The largest absolute Gasteiger partial charge is 0.394 e. The zero-order valence-electron chi connectivity index (χ0n) is 9.25. The lowest BCUT2D eigenvalue weighted by Gasteiger charge is -2.02. The summed E-state index contributed by atoms with van der Waals surface area (Å²) in [6, 6.07) is 9.95. The fraction of sp³-hybridized carbons (Fsp3) is 0.385. The van der Waals surface area contributed by atoms with E-state index >= 15 is 0 Å². The SMILES string of the molecule is OC[C@@H](O)C/C=C/COCc1ccccc1. The summed E-state index contributed by atoms with van der Waals surface area (Å²) in [5, 5.41) is 17.6. The molecule has 0 saturated heterocycles. The van der Waals surface area contributed by atoms with Gasteiger partial charge in [-0.2, -0.15) is 0 Å². The standard InChI is InChI=1S/C13H18O3/c14-10-13(15)8-4-5-9-16-11-12-6-2-1-3-7-12/h1-7,13-15H,8-11H2/b5-4+/t13-/m0/s1. The highest BCUT2D eigenvalue weighted by Gasteiger charge is 1.96. The molecule has 3 nitrogen and oxygen atoms in total. The van der Waals surface area contributed by atoms with Gasteiger partial charge in [0.1, 0.15) is 0 Å². The van der Waals surface area contributed by atoms with Crippen LogP contribution >= 0.6 is 0 Å². The molecular formula is C13H18O3. The van der Waals surface area contributed by atoms with Crippen LogP contribution in [0.25, 0.3) is 0 Å². The van der Waals surface area contributed by atoms with Gasteiger partial charge >= 0.3 is 0 Å². The molecule has 0 aliphatic carbocycles. The first-order valence-corrected chi connectivity index (χ1v) is 5.38. The maximum atomic E-state index is 9.05. The van der Waals surface area contributed by atoms with Gasteiger partial charge in [0.2, 0.25) is 0 Å². The molecule has 1 atom stereocenters. The van der Waals surface area contributed by atoms with Crippen molar-refractivity contribution in [2.24, 2.45) is 0 Å². The Kier molecular flexibility index (Phi) is 6.49. The average molecular weight is 222 g/mol. The molecule has 3 heteroatoms. The average Bonchev–Trinajstić information content (AvgIpc) is 2.34. The normalized spacial score (nSPS) is 13.1. The number of aliphatic hydroxyl groups is 2. The van der Waals surface area contributed by atoms with E-state index in [4.69, 9.17) is 14.9 Å². The Morgan fingerprint density at radius 2 is 1.94 bits per heavy atom. The summed E-state index contributed by atoms with van der Waals surface area (Å²) in [5.41, 5.74) is 1.14. The third-order valence-electron chi connectivity index (χ3n) is 2.11. The van der Waals surface area contributed by atoms with Crippen LogP contribution in [0.2, 0.25) is 0 Å². The molecule has 1 aromatic carbocycles. The number of ether oxygens (including phenoxy) is 1. The van der Waals surface area contributed by atoms with Gasteiger partial charge in [-0.05, 0) is 12.0 Å². The van der Waals surface area contributed by atoms with Crippen LogP contribution in [-0.4, -0.2) is 29.5 Å². The Balaban J connectivity index is 2.08. The summed E-state index contributed by atoms with van der Waals surface area (Å²) in [7, 11) is 0. The predicted octanol–water partition coefficient (Wildman–Crippen LogP) is 1.50. The maximum Gasteiger partial charge on any atom is 0.0805 e. The third kappa shape index (κ3) is 5.66. The van der Waals surface area contributed by atoms with Crippen LogP contribution in [-0.2, 0) is 11.3 Å². The monoisotopic (exact) mass is 222 g/mol. The smallest absolute Gasteiger partial charge is 0.0805 e. The van der Waals surface area contributed by atoms with E-state index in [1.165, 1.54) is 0 Å². The molecule has 0 amide bonds. The molecule has 1 aromatic rings. The van der Waals surface area contributed by atoms with Gasteiger partial charge in [0.15, 0.2) is 0 Å². The van der Waals surface area contributed by atoms with Gasteiger partial charge in [0, 0.05) is 0 Å². The lowest BCUT2D eigenvalue weighted by atomic mass is 10.2. The first kappa shape index (κ1) is 12.9. The lowest BCUT2D eigenvalue weighted by Crippen LogP contribution is -2.09. The van der Waals surface area contributed by atoms with Gasteiger partial charge in [-0.25, -0.2) is 0 Å². The molecule has 88 valence electrons. The van der Waals surface area contributed by atoms with E-state index in [0.29, 0.717) is 19.6 Å². The summed E-state index contributed by atoms with van der Waals surface area (Å²) in [4.78, 5) is 0. The Hall–Kier alpha value is -1.16. The lowest BCUT2D eigenvalue weighted by molar-refractivity contribution is 0.0971. The number of hydrogen-bond acceptors (Lipinski definition) is 3. The Labute approximate surface area is 96.0 Å². The van der Waals surface area contributed by atoms with Crippen LogP contribution in [0, 0.1) is 0 Å². The third-order valence-corrected chi connectivity index (χ3v) is 2.11. The number of aliphatic hydroxyl groups excluding tert-OH is 2. The summed E-state index contributed by atoms with van der Waals surface area (Å²) in [6.45, 7) is 0.913. The van der Waals surface area contributed by atoms with Crippen molar-refractivity contribution in [2.45, 2.75) is 19.1 Å². The van der Waals surface area contributed by atoms with E-state index in [1.807, 2.05) is 42.5 Å². The molecule has 0 bridgehead atoms. The fourth-order valence-electron chi connectivity index (χ4n) is 1.21. The van der Waals surface area contributed by atoms with Crippen molar-refractivity contribution in [2.75, 3.05) is 13.2 Å². The Bertz CT molecular complexity index is 295. The first-order valence-electron chi connectivity index (χ1n) is 5.38. The predicted molar refractivity (Wildman–Crippen MR) is 62.9 cm³/mol. The minimum atomic E-state index is -0.662. The van der Waals surface area contributed by atoms with Gasteiger partial charge < -0.3 is 14.9 Å². The van der Waals surface area contributed by atoms with E-state index < -0.39 is 6.10 Å². The quantitative estimate of drug-likeness (QED) is 0.543. The van der Waals surface area contributed by atoms with Gasteiger partial charge in [-0.1, -0.05) is 42.5 Å². The minimum absolute atomic E-state index is 0.199. The fourth-order valence-corrected chi connectivity index (χ4v) is 1.21. The Morgan fingerprint density at radius 1 is 1.19 bits per heavy atom. The highest BCUT2D eigenvalue weighted by Crippen LogP contribution is 2.00. The second-order valence-corrected chi connectivity index (χ2v) is 3.54. The highest BCUT2D eigenvalue weighted by molar-refractivity contribution is 5.13. The highest BCUT2D eigenvalue weighted by atomic mass is 16.5. The van der Waals surface area contributed by atoms with E-state index in [9.17, 15) is 0 Å². The molecule has 2 N–H and O–H groups in total. The molecule has 0 aliphatic heterocycles. The van der Waals surface area contributed by atoms with Crippen LogP contribution in [0.15, 0.2) is 42.5 Å². The van der Waals surface area contributed by atoms with Crippen LogP contribution in [0.4, 0.5) is 0 Å². The van der Waals surface area contributed by atoms with Crippen molar-refractivity contribution in [1.29, 1.82) is 0 Å². The minimum Gasteiger partial charge on any atom is -0.394 e. The first-order chi connectivity index (χ1) is 7.83. The summed E-state index contributed by atoms with van der Waals surface area (Å²) < 4.78 is 5.40. The zero-order chi connectivity index (χ0) is 11.6. The summed E-state index contributed by atoms with van der Waals surface area (Å²) >= 11 is 0. The van der Waals surface area contributed by atoms with Crippen molar-refractivity contribution in [1.82, 2.24) is 0 Å². The van der Waals surface area contributed by atoms with Crippen LogP contribution in [0.1, 0.15) is 12.0 Å². The molecule has 0 spiro atoms. The van der Waals surface area contributed by atoms with E-state index in [-0.39, 0.29) is 6.61 Å². The van der Waals surface area contributed by atoms with E-state index in [1.54, 1.807) is 0 Å². The van der Waals surface area contributed by atoms with Crippen LogP contribution in [0.5, 0.6) is 0 Å². The van der Waals surface area contributed by atoms with Gasteiger partial charge in [0.25, 0.3) is 0 Å². The molecule has 0 unspecified atom stereocenters. The molecule has 0 aromatic heterocycles. The van der Waals surface area contributed by atoms with E-state index in [0.717, 1.165) is 5.56 Å². The Morgan fingerprint density at radius 3 is 2.62 bits per heavy atom. The second kappa shape index (κ2) is 8.05. The maximum absolute atomic E-state index is 9.05. The molecule has 0 fully saturated rings. The zero-order valence-corrected chi connectivity index (χ0v) is 9.25. The van der Waals surface area contributed by atoms with Crippen molar-refractivity contribution < 1.29 is 14.9 Å². The molecule has 0 radical (unpaired) electrons. The van der Waals surface area contributed by atoms with Crippen LogP contribution in [0.3, 0.4) is 0 Å². The topological polar surface area (TPSA) is 49.7 Å². The van der Waals surface area contributed by atoms with Crippen molar-refractivity contribution in [3.63, 3.8) is 0 Å². The van der Waals surface area contributed by atoms with Gasteiger partial charge in [0.05, 0.1) is 25.9 Å². The molecule has 0 aliphatic rings. The summed E-state index contributed by atoms with van der Waals surface area (Å²) in [6.07, 6.45) is 3.46. The van der Waals surface area contributed by atoms with Crippen molar-refractivity contribution in [3.8, 4) is 0 Å². The molecule has 16 heavy (non-hydrogen) atoms. The van der Waals surface area contributed by atoms with Crippen molar-refractivity contribution in [3.05, 3.63) is 48.0 Å². The second-order valence-electron chi connectivity index (χ2n) is 3.54. The van der Waals surface area contributed by atoms with Crippen molar-refractivity contribution >= 4 is 0 Å². The number of hydrogen-bond donors (Lipinski definition) is 2. The number of benzene rings is 1. The van der Waals surface area contributed by atoms with Crippen LogP contribution < -0.4 is 0 Å². The molecular weight excluding hydrogens is 204 g/mol. The van der Waals surface area contributed by atoms with E-state index in [2.05, 4.69) is 0 Å². The summed E-state index contributed by atoms with van der Waals surface area (Å²) in [5.74, 6) is 0. The molecule has 0 saturated carbocycles.